The van der Waals surface area contributed by atoms with Crippen LogP contribution in [0.15, 0.2) is 56.2 Å². The van der Waals surface area contributed by atoms with Gasteiger partial charge in [0.15, 0.2) is 11.6 Å². The molecule has 1 aromatic carbocycles. The Hall–Kier alpha value is -2.88. The van der Waals surface area contributed by atoms with Crippen molar-refractivity contribution in [2.45, 2.75) is 83.1 Å². The van der Waals surface area contributed by atoms with Crippen LogP contribution in [0.25, 0.3) is 11.1 Å². The van der Waals surface area contributed by atoms with Crippen molar-refractivity contribution in [1.82, 2.24) is 0 Å². The number of ketones is 2. The highest BCUT2D eigenvalue weighted by atomic mass is 16.2. The second kappa shape index (κ2) is 8.33. The molecular weight excluding hydrogens is 448 g/mol. The smallest absolute Gasteiger partial charge is 0.234 e. The summed E-state index contributed by atoms with van der Waals surface area (Å²) in [6.07, 6.45) is 7.09. The van der Waals surface area contributed by atoms with Gasteiger partial charge >= 0.3 is 0 Å². The Labute approximate surface area is 214 Å². The van der Waals surface area contributed by atoms with Gasteiger partial charge in [-0.1, -0.05) is 83.1 Å². The molecule has 0 N–H and O–H groups in total. The van der Waals surface area contributed by atoms with Gasteiger partial charge in [-0.3, -0.25) is 19.2 Å². The number of rotatable bonds is 0. The summed E-state index contributed by atoms with van der Waals surface area (Å²) < 4.78 is 0. The summed E-state index contributed by atoms with van der Waals surface area (Å²) in [5.74, 6) is -0.0560. The number of hydrogen-bond donors (Lipinski definition) is 0. The second-order valence-corrected chi connectivity index (χ2v) is 14.2. The second-order valence-electron chi connectivity index (χ2n) is 14.2. The molecule has 0 aliphatic heterocycles. The molecule has 0 saturated heterocycles. The van der Waals surface area contributed by atoms with Crippen molar-refractivity contribution in [3.05, 3.63) is 77.5 Å². The highest BCUT2D eigenvalue weighted by molar-refractivity contribution is 6.15. The summed E-state index contributed by atoms with van der Waals surface area (Å²) in [6, 6.07) is 0. The fourth-order valence-electron chi connectivity index (χ4n) is 4.72. The molecule has 0 aromatic heterocycles. The molecule has 0 fully saturated rings. The standard InChI is InChI=1S/C32H40O4/c1-29(2,3)19-13-17(14-20(25(19)33)30(4,5)6)23-24(28(36)27(23)35)18-15-21(31(7,8)9)26(34)22(16-18)32(10,11)12/h13-16H,1-12H3. The SMILES string of the molecule is CC(C)(C)C1=CC(=c2c(=O)c(=O)c2=C2C=C(C(C)(C)C)C(=O)C(C(C)(C)C)=C2)C=C(C(C)(C)C)C1=O. The largest absolute Gasteiger partial charge is 0.289 e. The number of carbonyl (C=O) groups excluding carboxylic acids is 2. The van der Waals surface area contributed by atoms with E-state index in [0.29, 0.717) is 43.9 Å². The zero-order chi connectivity index (χ0) is 27.8. The first kappa shape index (κ1) is 27.7. The highest BCUT2D eigenvalue weighted by Gasteiger charge is 2.36. The maximum atomic E-state index is 13.4. The first-order valence-electron chi connectivity index (χ1n) is 12.6. The van der Waals surface area contributed by atoms with Crippen LogP contribution in [-0.2, 0) is 9.59 Å². The van der Waals surface area contributed by atoms with Crippen molar-refractivity contribution in [2.24, 2.45) is 21.7 Å². The van der Waals surface area contributed by atoms with E-state index in [-0.39, 0.29) is 11.6 Å². The summed E-state index contributed by atoms with van der Waals surface area (Å²) in [5, 5.41) is 0.656. The Morgan fingerprint density at radius 2 is 0.583 bits per heavy atom. The van der Waals surface area contributed by atoms with Crippen LogP contribution in [0.1, 0.15) is 83.1 Å². The molecule has 4 heteroatoms. The van der Waals surface area contributed by atoms with Crippen molar-refractivity contribution < 1.29 is 9.59 Å². The van der Waals surface area contributed by atoms with E-state index in [0.717, 1.165) is 0 Å². The Morgan fingerprint density at radius 1 is 0.389 bits per heavy atom. The fourth-order valence-corrected chi connectivity index (χ4v) is 4.72. The van der Waals surface area contributed by atoms with Crippen molar-refractivity contribution >= 4 is 22.7 Å². The normalized spacial score (nSPS) is 18.3. The minimum atomic E-state index is -0.552. The first-order chi connectivity index (χ1) is 16.1. The van der Waals surface area contributed by atoms with Crippen LogP contribution in [0.3, 0.4) is 0 Å². The Bertz CT molecular complexity index is 1310. The van der Waals surface area contributed by atoms with Crippen LogP contribution in [0, 0.1) is 21.7 Å². The summed E-state index contributed by atoms with van der Waals surface area (Å²) >= 11 is 0. The van der Waals surface area contributed by atoms with Crippen molar-refractivity contribution in [1.29, 1.82) is 0 Å². The van der Waals surface area contributed by atoms with Crippen molar-refractivity contribution in [3.63, 3.8) is 0 Å². The maximum Gasteiger partial charge on any atom is 0.234 e. The van der Waals surface area contributed by atoms with Gasteiger partial charge in [-0.15, -0.1) is 0 Å². The number of hydrogen-bond acceptors (Lipinski definition) is 4. The predicted molar refractivity (Wildman–Crippen MR) is 148 cm³/mol. The molecule has 4 nitrogen and oxygen atoms in total. The lowest BCUT2D eigenvalue weighted by atomic mass is 9.71. The van der Waals surface area contributed by atoms with Gasteiger partial charge in [-0.25, -0.2) is 0 Å². The molecule has 1 aromatic rings. The maximum absolute atomic E-state index is 13.4. The van der Waals surface area contributed by atoms with E-state index in [9.17, 15) is 19.2 Å². The Balaban J connectivity index is 2.57. The molecule has 2 aliphatic carbocycles. The van der Waals surface area contributed by atoms with Crippen molar-refractivity contribution in [3.8, 4) is 0 Å². The summed E-state index contributed by atoms with van der Waals surface area (Å²) in [4.78, 5) is 52.8. The summed E-state index contributed by atoms with van der Waals surface area (Å²) in [6.45, 7) is 23.7. The molecule has 0 unspecified atom stereocenters. The fraction of sp³-hybridized carbons (Fsp3) is 0.500. The third-order valence-corrected chi connectivity index (χ3v) is 6.90. The van der Waals surface area contributed by atoms with Crippen LogP contribution < -0.4 is 21.3 Å². The monoisotopic (exact) mass is 488 g/mol. The third-order valence-electron chi connectivity index (χ3n) is 6.90. The molecule has 192 valence electrons. The molecule has 0 saturated carbocycles. The lowest BCUT2D eigenvalue weighted by molar-refractivity contribution is -0.114. The zero-order valence-electron chi connectivity index (χ0n) is 23.9. The molecule has 2 aliphatic rings. The first-order valence-corrected chi connectivity index (χ1v) is 12.6. The van der Waals surface area contributed by atoms with Gasteiger partial charge in [0.05, 0.1) is 0 Å². The van der Waals surface area contributed by atoms with E-state index in [1.54, 1.807) is 24.3 Å². The van der Waals surface area contributed by atoms with E-state index >= 15 is 0 Å². The van der Waals surface area contributed by atoms with Gasteiger partial charge in [0.1, 0.15) is 0 Å². The summed E-state index contributed by atoms with van der Waals surface area (Å²) in [5.41, 5.74) is 0.786. The third kappa shape index (κ3) is 4.75. The molecule has 0 spiro atoms. The van der Waals surface area contributed by atoms with Crippen LogP contribution in [0.5, 0.6) is 0 Å². The molecule has 0 atom stereocenters. The molecular formula is C32H40O4. The summed E-state index contributed by atoms with van der Waals surface area (Å²) in [7, 11) is 0. The average Bonchev–Trinajstić information content (AvgIpc) is 2.68. The topological polar surface area (TPSA) is 68.3 Å². The number of allylic oxidation sites excluding steroid dienone is 8. The van der Waals surface area contributed by atoms with Gasteiger partial charge in [0.25, 0.3) is 0 Å². The molecule has 0 radical (unpaired) electrons. The molecule has 36 heavy (non-hydrogen) atoms. The Morgan fingerprint density at radius 3 is 0.750 bits per heavy atom. The van der Waals surface area contributed by atoms with Gasteiger partial charge in [0, 0.05) is 32.7 Å². The van der Waals surface area contributed by atoms with E-state index < -0.39 is 32.5 Å². The lowest BCUT2D eigenvalue weighted by Gasteiger charge is -2.32. The number of carbonyl (C=O) groups is 2. The van der Waals surface area contributed by atoms with Crippen LogP contribution in [-0.4, -0.2) is 11.6 Å². The lowest BCUT2D eigenvalue weighted by Crippen LogP contribution is -2.66. The van der Waals surface area contributed by atoms with Gasteiger partial charge < -0.3 is 0 Å². The van der Waals surface area contributed by atoms with Gasteiger partial charge in [-0.2, -0.15) is 0 Å². The molecule has 0 heterocycles. The molecule has 0 bridgehead atoms. The molecule has 3 rings (SSSR count). The van der Waals surface area contributed by atoms with Crippen LogP contribution in [0.4, 0.5) is 0 Å². The quantitative estimate of drug-likeness (QED) is 0.499. The Kier molecular flexibility index (Phi) is 6.41. The predicted octanol–water partition coefficient (Wildman–Crippen LogP) is 4.64. The zero-order valence-corrected chi connectivity index (χ0v) is 23.9. The highest BCUT2D eigenvalue weighted by Crippen LogP contribution is 2.40. The van der Waals surface area contributed by atoms with Crippen molar-refractivity contribution in [2.75, 3.05) is 0 Å². The van der Waals surface area contributed by atoms with E-state index in [1.165, 1.54) is 0 Å². The number of Topliss-reactive ketones (excluding diaryl/α,β-unsaturated/α-hetero) is 2. The minimum absolute atomic E-state index is 0.0280. The van der Waals surface area contributed by atoms with E-state index in [4.69, 9.17) is 0 Å². The van der Waals surface area contributed by atoms with Crippen LogP contribution in [0.2, 0.25) is 0 Å². The van der Waals surface area contributed by atoms with Gasteiger partial charge in [0.2, 0.25) is 10.9 Å². The van der Waals surface area contributed by atoms with Gasteiger partial charge in [-0.05, 0) is 57.1 Å². The van der Waals surface area contributed by atoms with Crippen LogP contribution >= 0.6 is 0 Å². The average molecular weight is 489 g/mol. The van der Waals surface area contributed by atoms with E-state index in [2.05, 4.69) is 0 Å². The minimum Gasteiger partial charge on any atom is -0.289 e. The van der Waals surface area contributed by atoms with E-state index in [1.807, 2.05) is 83.1 Å². The molecule has 0 amide bonds.